The number of Topliss-reactive ketones (excluding diaryl/α,β-unsaturated/α-hetero) is 1. The molecule has 4 rings (SSSR count). The quantitative estimate of drug-likeness (QED) is 0.205. The number of aliphatic hydroxyl groups is 1. The van der Waals surface area contributed by atoms with Gasteiger partial charge in [0, 0.05) is 11.3 Å². The molecule has 0 aromatic heterocycles. The van der Waals surface area contributed by atoms with Crippen LogP contribution >= 0.6 is 0 Å². The second-order valence-electron chi connectivity index (χ2n) is 11.4. The second-order valence-corrected chi connectivity index (χ2v) is 11.4. The smallest absolute Gasteiger partial charge is 0.307 e. The van der Waals surface area contributed by atoms with Crippen molar-refractivity contribution in [1.29, 1.82) is 0 Å². The Balaban J connectivity index is 1.91. The van der Waals surface area contributed by atoms with E-state index in [1.165, 1.54) is 4.90 Å². The summed E-state index contributed by atoms with van der Waals surface area (Å²) in [4.78, 5) is 39.6. The Labute approximate surface area is 234 Å². The minimum absolute atomic E-state index is 0.0111. The number of carbonyl (C=O) groups excluding carboxylic acids is 2. The first-order valence-electron chi connectivity index (χ1n) is 13.2. The van der Waals surface area contributed by atoms with Crippen LogP contribution in [0.3, 0.4) is 0 Å². The van der Waals surface area contributed by atoms with Crippen molar-refractivity contribution >= 4 is 29.1 Å². The van der Waals surface area contributed by atoms with Crippen LogP contribution in [0.4, 0.5) is 5.69 Å². The molecule has 1 atom stereocenters. The number of rotatable bonds is 7. The van der Waals surface area contributed by atoms with Crippen molar-refractivity contribution in [3.63, 3.8) is 0 Å². The number of carboxylic acids is 1. The Morgan fingerprint density at radius 1 is 0.950 bits per heavy atom. The molecular weight excluding hydrogens is 506 g/mol. The number of carboxylic acid groups (broad SMARTS) is 1. The molecule has 1 aliphatic heterocycles. The van der Waals surface area contributed by atoms with Crippen molar-refractivity contribution in [2.45, 2.75) is 58.4 Å². The highest BCUT2D eigenvalue weighted by Crippen LogP contribution is 2.43. The largest absolute Gasteiger partial charge is 0.507 e. The van der Waals surface area contributed by atoms with Crippen LogP contribution in [-0.4, -0.2) is 35.0 Å². The fraction of sp³-hybridized carbons (Fsp3) is 0.303. The van der Waals surface area contributed by atoms with E-state index in [1.54, 1.807) is 49.6 Å². The van der Waals surface area contributed by atoms with E-state index in [0.717, 1.165) is 11.1 Å². The van der Waals surface area contributed by atoms with Gasteiger partial charge >= 0.3 is 5.97 Å². The van der Waals surface area contributed by atoms with Crippen LogP contribution in [-0.2, 0) is 26.2 Å². The molecule has 0 saturated carbocycles. The van der Waals surface area contributed by atoms with Crippen LogP contribution in [0.25, 0.3) is 5.76 Å². The van der Waals surface area contributed by atoms with Crippen molar-refractivity contribution in [2.24, 2.45) is 0 Å². The first kappa shape index (κ1) is 28.6. The Bertz CT molecular complexity index is 1480. The Kier molecular flexibility index (Phi) is 7.87. The average Bonchev–Trinajstić information content (AvgIpc) is 3.17. The van der Waals surface area contributed by atoms with Crippen molar-refractivity contribution < 1.29 is 29.3 Å². The highest BCUT2D eigenvalue weighted by molar-refractivity contribution is 6.51. The molecule has 1 saturated heterocycles. The predicted octanol–water partition coefficient (Wildman–Crippen LogP) is 6.37. The van der Waals surface area contributed by atoms with E-state index in [2.05, 4.69) is 20.8 Å². The monoisotopic (exact) mass is 541 g/mol. The first-order valence-corrected chi connectivity index (χ1v) is 13.2. The van der Waals surface area contributed by atoms with Crippen molar-refractivity contribution in [2.75, 3.05) is 12.0 Å². The summed E-state index contributed by atoms with van der Waals surface area (Å²) in [5, 5.41) is 20.7. The van der Waals surface area contributed by atoms with Crippen molar-refractivity contribution in [3.8, 4) is 5.75 Å². The zero-order valence-electron chi connectivity index (χ0n) is 23.7. The number of methoxy groups -OCH3 is 1. The normalized spacial score (nSPS) is 17.0. The summed E-state index contributed by atoms with van der Waals surface area (Å²) in [6.45, 7) is 10.3. The van der Waals surface area contributed by atoms with E-state index in [1.807, 2.05) is 38.1 Å². The first-order chi connectivity index (χ1) is 18.8. The molecular formula is C33H35NO6. The van der Waals surface area contributed by atoms with Crippen LogP contribution in [0.2, 0.25) is 0 Å². The molecule has 0 spiro atoms. The Hall–Kier alpha value is -4.39. The number of ketones is 1. The summed E-state index contributed by atoms with van der Waals surface area (Å²) in [5.74, 6) is -2.03. The Morgan fingerprint density at radius 2 is 1.57 bits per heavy atom. The molecule has 0 aliphatic carbocycles. The maximum atomic E-state index is 13.6. The van der Waals surface area contributed by atoms with Crippen molar-refractivity contribution in [3.05, 3.63) is 100 Å². The SMILES string of the molecule is COc1ccc(/C(O)=C2/C(=O)C(=O)N(c3ccc(CC(=O)O)cc3)C2c2ccc(C(C)(C)C)cc2)cc1C(C)C. The number of aliphatic hydroxyl groups excluding tert-OH is 1. The third-order valence-corrected chi connectivity index (χ3v) is 7.23. The third-order valence-electron chi connectivity index (χ3n) is 7.23. The van der Waals surface area contributed by atoms with Crippen molar-refractivity contribution in [1.82, 2.24) is 0 Å². The van der Waals surface area contributed by atoms with Crippen LogP contribution < -0.4 is 9.64 Å². The highest BCUT2D eigenvalue weighted by atomic mass is 16.5. The summed E-state index contributed by atoms with van der Waals surface area (Å²) in [7, 11) is 1.58. The third kappa shape index (κ3) is 5.50. The molecule has 7 heteroatoms. The zero-order chi connectivity index (χ0) is 29.4. The molecule has 1 amide bonds. The molecule has 1 unspecified atom stereocenters. The number of aliphatic carboxylic acids is 1. The molecule has 1 fully saturated rings. The summed E-state index contributed by atoms with van der Waals surface area (Å²) in [5.41, 5.74) is 3.91. The summed E-state index contributed by atoms with van der Waals surface area (Å²) in [6.07, 6.45) is -0.160. The van der Waals surface area contributed by atoms with Gasteiger partial charge in [-0.15, -0.1) is 0 Å². The number of ether oxygens (including phenoxy) is 1. The number of anilines is 1. The molecule has 0 radical (unpaired) electrons. The van der Waals surface area contributed by atoms with Gasteiger partial charge in [0.15, 0.2) is 0 Å². The number of hydrogen-bond donors (Lipinski definition) is 2. The summed E-state index contributed by atoms with van der Waals surface area (Å²) >= 11 is 0. The zero-order valence-corrected chi connectivity index (χ0v) is 23.7. The predicted molar refractivity (Wildman–Crippen MR) is 155 cm³/mol. The van der Waals surface area contributed by atoms with Gasteiger partial charge < -0.3 is 14.9 Å². The van der Waals surface area contributed by atoms with Gasteiger partial charge in [-0.05, 0) is 63.9 Å². The minimum atomic E-state index is -0.965. The highest BCUT2D eigenvalue weighted by Gasteiger charge is 2.47. The molecule has 1 heterocycles. The lowest BCUT2D eigenvalue weighted by Gasteiger charge is -2.27. The average molecular weight is 542 g/mol. The van der Waals surface area contributed by atoms with E-state index < -0.39 is 23.7 Å². The Morgan fingerprint density at radius 3 is 2.10 bits per heavy atom. The van der Waals surface area contributed by atoms with Crippen LogP contribution in [0.5, 0.6) is 5.75 Å². The van der Waals surface area contributed by atoms with Gasteiger partial charge in [0.25, 0.3) is 11.7 Å². The van der Waals surface area contributed by atoms with Gasteiger partial charge in [-0.3, -0.25) is 19.3 Å². The van der Waals surface area contributed by atoms with E-state index in [4.69, 9.17) is 9.84 Å². The molecule has 0 bridgehead atoms. The van der Waals surface area contributed by atoms with Crippen LogP contribution in [0.1, 0.15) is 74.4 Å². The van der Waals surface area contributed by atoms with Crippen LogP contribution in [0, 0.1) is 0 Å². The van der Waals surface area contributed by atoms with Crippen LogP contribution in [0.15, 0.2) is 72.3 Å². The van der Waals surface area contributed by atoms with Gasteiger partial charge in [-0.1, -0.05) is 71.0 Å². The molecule has 40 heavy (non-hydrogen) atoms. The lowest BCUT2D eigenvalue weighted by atomic mass is 9.85. The fourth-order valence-corrected chi connectivity index (χ4v) is 5.02. The lowest BCUT2D eigenvalue weighted by molar-refractivity contribution is -0.136. The van der Waals surface area contributed by atoms with Gasteiger partial charge in [-0.25, -0.2) is 0 Å². The van der Waals surface area contributed by atoms with Gasteiger partial charge in [0.1, 0.15) is 11.5 Å². The maximum Gasteiger partial charge on any atom is 0.307 e. The molecule has 2 N–H and O–H groups in total. The maximum absolute atomic E-state index is 13.6. The second kappa shape index (κ2) is 11.0. The standard InChI is InChI=1S/C33H35NO6/c1-19(2)25-18-22(11-16-26(25)40-6)30(37)28-29(21-9-12-23(13-10-21)33(3,4)5)34(32(39)31(28)38)24-14-7-20(8-15-24)17-27(35)36/h7-16,18-19,29,37H,17H2,1-6H3,(H,35,36)/b30-28-. The molecule has 208 valence electrons. The number of amides is 1. The number of benzene rings is 3. The van der Waals surface area contributed by atoms with E-state index in [-0.39, 0.29) is 29.1 Å². The molecule has 1 aliphatic rings. The summed E-state index contributed by atoms with van der Waals surface area (Å²) < 4.78 is 5.48. The van der Waals surface area contributed by atoms with Gasteiger partial charge in [0.05, 0.1) is 25.1 Å². The van der Waals surface area contributed by atoms with E-state index in [9.17, 15) is 19.5 Å². The number of carbonyl (C=O) groups is 3. The molecule has 3 aromatic carbocycles. The minimum Gasteiger partial charge on any atom is -0.507 e. The number of hydrogen-bond acceptors (Lipinski definition) is 5. The lowest BCUT2D eigenvalue weighted by Crippen LogP contribution is -2.29. The fourth-order valence-electron chi connectivity index (χ4n) is 5.02. The summed E-state index contributed by atoms with van der Waals surface area (Å²) in [6, 6.07) is 18.5. The molecule has 7 nitrogen and oxygen atoms in total. The van der Waals surface area contributed by atoms with Gasteiger partial charge in [-0.2, -0.15) is 0 Å². The van der Waals surface area contributed by atoms with Gasteiger partial charge in [0.2, 0.25) is 0 Å². The van der Waals surface area contributed by atoms with E-state index in [0.29, 0.717) is 28.1 Å². The molecule has 3 aromatic rings. The topological polar surface area (TPSA) is 104 Å². The van der Waals surface area contributed by atoms with E-state index >= 15 is 0 Å². The number of nitrogens with zero attached hydrogens (tertiary/aromatic N) is 1.